The minimum absolute atomic E-state index is 0.0716. The highest BCUT2D eigenvalue weighted by Crippen LogP contribution is 2.59. The summed E-state index contributed by atoms with van der Waals surface area (Å²) in [4.78, 5) is 0. The smallest absolute Gasteiger partial charge is 0.508 e. The van der Waals surface area contributed by atoms with Crippen molar-refractivity contribution >= 4 is 31.3 Å². The van der Waals surface area contributed by atoms with E-state index in [9.17, 15) is 38.7 Å². The zero-order chi connectivity index (χ0) is 53.3. The Hall–Kier alpha value is -4.12. The summed E-state index contributed by atoms with van der Waals surface area (Å²) in [6.07, 6.45) is 0. The second-order valence-corrected chi connectivity index (χ2v) is 22.6. The van der Waals surface area contributed by atoms with E-state index in [1.165, 1.54) is 24.3 Å². The van der Waals surface area contributed by atoms with Crippen LogP contribution in [0.4, 0.5) is 0 Å². The molecule has 0 radical (unpaired) electrons. The Morgan fingerprint density at radius 3 is 0.597 bits per heavy atom. The molecule has 8 bridgehead atoms. The summed E-state index contributed by atoms with van der Waals surface area (Å²) in [7, 11) is -17.4. The first-order chi connectivity index (χ1) is 34.0. The largest absolute Gasteiger partial charge is 0.530 e. The van der Waals surface area contributed by atoms with Crippen molar-refractivity contribution in [3.8, 4) is 46.0 Å². The van der Waals surface area contributed by atoms with Gasteiger partial charge in [-0.25, -0.2) is 18.3 Å². The van der Waals surface area contributed by atoms with E-state index in [1.54, 1.807) is 107 Å². The molecular weight excluding hydrogens is 1020 g/mol. The SMILES string of the molecule is CCOP(=O)(OCC)Oc1cc(O)c2cc1C(C)c1cc(c(OP(=O)(OCC)OCC)cc1O)C(C)c1cc(c(OP(=O)(OCC)OCC)cc1O)C(C)c1cc(c(OP(=O)(OCC)OCC)cc1O)C2C. The van der Waals surface area contributed by atoms with Crippen molar-refractivity contribution < 1.29 is 93.0 Å². The molecule has 0 amide bonds. The van der Waals surface area contributed by atoms with Crippen molar-refractivity contribution in [1.29, 1.82) is 0 Å². The van der Waals surface area contributed by atoms with Gasteiger partial charge < -0.3 is 38.5 Å². The highest BCUT2D eigenvalue weighted by atomic mass is 31.2. The van der Waals surface area contributed by atoms with Gasteiger partial charge in [0.1, 0.15) is 46.0 Å². The highest BCUT2D eigenvalue weighted by Gasteiger charge is 2.38. The van der Waals surface area contributed by atoms with E-state index in [2.05, 4.69) is 0 Å². The van der Waals surface area contributed by atoms with Crippen LogP contribution in [0.1, 0.15) is 151 Å². The second kappa shape index (κ2) is 24.9. The Morgan fingerprint density at radius 1 is 0.306 bits per heavy atom. The summed E-state index contributed by atoms with van der Waals surface area (Å²) in [5.74, 6) is -5.89. The van der Waals surface area contributed by atoms with Gasteiger partial charge in [-0.05, 0) is 79.7 Å². The molecule has 5 rings (SSSR count). The van der Waals surface area contributed by atoms with Crippen molar-refractivity contribution in [3.63, 3.8) is 0 Å². The summed E-state index contributed by atoms with van der Waals surface area (Å²) in [6.45, 7) is 19.0. The van der Waals surface area contributed by atoms with E-state index in [4.69, 9.17) is 54.3 Å². The van der Waals surface area contributed by atoms with Gasteiger partial charge in [0.25, 0.3) is 0 Å². The van der Waals surface area contributed by atoms with E-state index in [0.717, 1.165) is 0 Å². The number of rotatable bonds is 24. The van der Waals surface area contributed by atoms with Crippen LogP contribution < -0.4 is 18.1 Å². The minimum atomic E-state index is -4.36. The van der Waals surface area contributed by atoms with E-state index in [0.29, 0.717) is 0 Å². The molecule has 4 N–H and O–H groups in total. The third-order valence-corrected chi connectivity index (χ3v) is 17.8. The average molecular weight is 1090 g/mol. The number of aromatic hydroxyl groups is 4. The Balaban J connectivity index is 1.99. The molecule has 4 aromatic rings. The van der Waals surface area contributed by atoms with Gasteiger partial charge in [-0.15, -0.1) is 0 Å². The summed E-state index contributed by atoms with van der Waals surface area (Å²) < 4.78 is 125. The van der Waals surface area contributed by atoms with Crippen LogP contribution in [-0.4, -0.2) is 73.3 Å². The molecule has 400 valence electrons. The molecular formula is C48H68O20P4. The third-order valence-electron chi connectivity index (χ3n) is 11.5. The molecule has 4 atom stereocenters. The standard InChI is InChI=1S/C48H68O20P4/c1-13-57-69(53,58-14-2)65-45-25-41(49)33-21-37(45)29(9)34-22-38(46(26-42(34)50)66-70(54,59-15-3)60-16-4)31(11)36-24-40(48(28-44(36)52)68-72(56,63-19-7)64-20-8)32(12)35-23-39(30(33)10)47(27-43(35)51)67-71(55,61-17-5)62-18-6/h21-32,49-52H,13-20H2,1-12H3. The fraction of sp³-hybridized carbons (Fsp3) is 0.500. The van der Waals surface area contributed by atoms with Gasteiger partial charge in [-0.2, -0.15) is 0 Å². The molecule has 1 aliphatic carbocycles. The van der Waals surface area contributed by atoms with Crippen molar-refractivity contribution in [2.75, 3.05) is 52.9 Å². The van der Waals surface area contributed by atoms with Crippen LogP contribution in [0.25, 0.3) is 0 Å². The highest BCUT2D eigenvalue weighted by molar-refractivity contribution is 7.49. The second-order valence-electron chi connectivity index (χ2n) is 16.2. The Labute approximate surface area is 421 Å². The first kappa shape index (κ1) is 58.8. The number of fused-ring (bicyclic) bond motifs is 8. The molecule has 72 heavy (non-hydrogen) atoms. The van der Waals surface area contributed by atoms with Crippen LogP contribution in [0.15, 0.2) is 48.5 Å². The number of benzene rings is 4. The van der Waals surface area contributed by atoms with Gasteiger partial charge in [-0.3, -0.25) is 36.2 Å². The molecule has 24 heteroatoms. The third kappa shape index (κ3) is 13.4. The van der Waals surface area contributed by atoms with Gasteiger partial charge in [0, 0.05) is 92.4 Å². The molecule has 0 aromatic heterocycles. The number of phosphoric ester groups is 4. The number of hydrogen-bond donors (Lipinski definition) is 4. The average Bonchev–Trinajstić information content (AvgIpc) is 3.28. The molecule has 0 saturated carbocycles. The molecule has 4 unspecified atom stereocenters. The molecule has 0 spiro atoms. The lowest BCUT2D eigenvalue weighted by Gasteiger charge is -2.29. The van der Waals surface area contributed by atoms with Gasteiger partial charge in [0.05, 0.1) is 52.9 Å². The summed E-state index contributed by atoms with van der Waals surface area (Å²) >= 11 is 0. The van der Waals surface area contributed by atoms with Crippen LogP contribution in [0.5, 0.6) is 46.0 Å². The summed E-state index contributed by atoms with van der Waals surface area (Å²) in [5, 5.41) is 48.2. The van der Waals surface area contributed by atoms with Crippen LogP contribution >= 0.6 is 31.3 Å². The predicted molar refractivity (Wildman–Crippen MR) is 268 cm³/mol. The molecule has 0 saturated heterocycles. The fourth-order valence-electron chi connectivity index (χ4n) is 8.25. The number of hydrogen-bond acceptors (Lipinski definition) is 20. The normalized spacial score (nSPS) is 17.4. The monoisotopic (exact) mass is 1090 g/mol. The van der Waals surface area contributed by atoms with Crippen molar-refractivity contribution in [3.05, 3.63) is 93.0 Å². The van der Waals surface area contributed by atoms with E-state index >= 15 is 0 Å². The van der Waals surface area contributed by atoms with Gasteiger partial charge >= 0.3 is 31.3 Å². The maximum atomic E-state index is 14.1. The van der Waals surface area contributed by atoms with Crippen LogP contribution in [0, 0.1) is 0 Å². The lowest BCUT2D eigenvalue weighted by molar-refractivity contribution is 0.165. The molecule has 20 nitrogen and oxygen atoms in total. The van der Waals surface area contributed by atoms with E-state index in [-0.39, 0.29) is 143 Å². The number of phenols is 4. The van der Waals surface area contributed by atoms with Crippen LogP contribution in [0.2, 0.25) is 0 Å². The van der Waals surface area contributed by atoms with Gasteiger partial charge in [0.2, 0.25) is 0 Å². The maximum Gasteiger partial charge on any atom is 0.530 e. The number of phenolic OH excluding ortho intramolecular Hbond substituents is 4. The van der Waals surface area contributed by atoms with Gasteiger partial charge in [0.15, 0.2) is 0 Å². The zero-order valence-electron chi connectivity index (χ0n) is 42.7. The first-order valence-corrected chi connectivity index (χ1v) is 29.7. The quantitative estimate of drug-likeness (QED) is 0.0475. The molecule has 0 aliphatic heterocycles. The van der Waals surface area contributed by atoms with Crippen LogP contribution in [-0.2, 0) is 54.5 Å². The molecule has 0 heterocycles. The Bertz CT molecular complexity index is 2320. The maximum absolute atomic E-state index is 14.1. The predicted octanol–water partition coefficient (Wildman–Crippen LogP) is 13.7. The topological polar surface area (TPSA) is 260 Å². The lowest BCUT2D eigenvalue weighted by atomic mass is 9.81. The van der Waals surface area contributed by atoms with Crippen molar-refractivity contribution in [2.24, 2.45) is 0 Å². The van der Waals surface area contributed by atoms with Crippen molar-refractivity contribution in [2.45, 2.75) is 107 Å². The zero-order valence-corrected chi connectivity index (χ0v) is 46.3. The minimum Gasteiger partial charge on any atom is -0.508 e. The molecule has 1 aliphatic rings. The Kier molecular flexibility index (Phi) is 20.4. The fourth-order valence-corrected chi connectivity index (χ4v) is 13.1. The van der Waals surface area contributed by atoms with Crippen molar-refractivity contribution in [1.82, 2.24) is 0 Å². The summed E-state index contributed by atoms with van der Waals surface area (Å²) in [6, 6.07) is 11.1. The van der Waals surface area contributed by atoms with Crippen LogP contribution in [0.3, 0.4) is 0 Å². The van der Waals surface area contributed by atoms with E-state index < -0.39 is 55.0 Å². The van der Waals surface area contributed by atoms with Gasteiger partial charge in [-0.1, -0.05) is 27.7 Å². The molecule has 4 aromatic carbocycles. The lowest BCUT2D eigenvalue weighted by Crippen LogP contribution is -2.12. The van der Waals surface area contributed by atoms with E-state index in [1.807, 2.05) is 0 Å². The Morgan fingerprint density at radius 2 is 0.458 bits per heavy atom. The number of phosphoric acid groups is 4. The first-order valence-electron chi connectivity index (χ1n) is 23.8. The molecule has 0 fully saturated rings. The summed E-state index contributed by atoms with van der Waals surface area (Å²) in [5.41, 5.74) is 1.74.